The minimum absolute atomic E-state index is 0.248. The molecule has 2 aromatic carbocycles. The zero-order valence-electron chi connectivity index (χ0n) is 16.1. The first-order valence-electron chi connectivity index (χ1n) is 8.86. The van der Waals surface area contributed by atoms with Gasteiger partial charge < -0.3 is 25.8 Å². The van der Waals surface area contributed by atoms with E-state index in [-0.39, 0.29) is 5.56 Å². The first-order valence-corrected chi connectivity index (χ1v) is 9.24. The molecule has 4 N–H and O–H groups in total. The van der Waals surface area contributed by atoms with Gasteiger partial charge >= 0.3 is 0 Å². The van der Waals surface area contributed by atoms with E-state index in [9.17, 15) is 4.79 Å². The normalized spacial score (nSPS) is 10.4. The quantitative estimate of drug-likeness (QED) is 0.510. The summed E-state index contributed by atoms with van der Waals surface area (Å²) in [7, 11) is 1.47. The minimum Gasteiger partial charge on any atom is -0.496 e. The number of rotatable bonds is 8. The summed E-state index contributed by atoms with van der Waals surface area (Å²) in [5.41, 5.74) is 7.02. The summed E-state index contributed by atoms with van der Waals surface area (Å²) < 4.78 is 11.2. The van der Waals surface area contributed by atoms with Crippen molar-refractivity contribution in [1.29, 1.82) is 0 Å². The predicted octanol–water partition coefficient (Wildman–Crippen LogP) is 4.28. The van der Waals surface area contributed by atoms with Crippen molar-refractivity contribution in [2.24, 2.45) is 5.73 Å². The fourth-order valence-corrected chi connectivity index (χ4v) is 3.02. The first kappa shape index (κ1) is 20.3. The lowest BCUT2D eigenvalue weighted by atomic mass is 10.1. The number of fused-ring (bicyclic) bond motifs is 1. The Morgan fingerprint density at radius 1 is 1.24 bits per heavy atom. The third-order valence-electron chi connectivity index (χ3n) is 4.13. The molecule has 29 heavy (non-hydrogen) atoms. The Morgan fingerprint density at radius 3 is 2.69 bits per heavy atom. The number of anilines is 1. The van der Waals surface area contributed by atoms with Gasteiger partial charge in [0.05, 0.1) is 34.7 Å². The molecule has 7 nitrogen and oxygen atoms in total. The number of aromatic nitrogens is 1. The summed E-state index contributed by atoms with van der Waals surface area (Å²) in [6.07, 6.45) is 1.61. The van der Waals surface area contributed by atoms with Gasteiger partial charge in [0.15, 0.2) is 0 Å². The highest BCUT2D eigenvalue weighted by Crippen LogP contribution is 2.35. The second kappa shape index (κ2) is 8.70. The van der Waals surface area contributed by atoms with E-state index in [1.54, 1.807) is 42.6 Å². The van der Waals surface area contributed by atoms with Crippen LogP contribution in [0, 0.1) is 0 Å². The van der Waals surface area contributed by atoms with E-state index in [0.717, 1.165) is 6.54 Å². The molecule has 0 atom stereocenters. The van der Waals surface area contributed by atoms with Gasteiger partial charge in [-0.3, -0.25) is 9.78 Å². The van der Waals surface area contributed by atoms with Crippen molar-refractivity contribution in [3.05, 3.63) is 65.6 Å². The number of ether oxygens (including phenoxy) is 2. The van der Waals surface area contributed by atoms with Crippen molar-refractivity contribution in [3.8, 4) is 17.2 Å². The Labute approximate surface area is 173 Å². The van der Waals surface area contributed by atoms with E-state index in [1.165, 1.54) is 7.11 Å². The van der Waals surface area contributed by atoms with Crippen molar-refractivity contribution in [2.75, 3.05) is 19.0 Å². The summed E-state index contributed by atoms with van der Waals surface area (Å²) in [6, 6.07) is 10.2. The number of carbonyl (C=O) groups excluding carboxylic acids is 1. The Hall–Kier alpha value is -3.45. The number of carbonyl (C=O) groups is 1. The van der Waals surface area contributed by atoms with Gasteiger partial charge in [0.2, 0.25) is 0 Å². The van der Waals surface area contributed by atoms with Crippen LogP contribution in [0.1, 0.15) is 17.3 Å². The van der Waals surface area contributed by atoms with Gasteiger partial charge in [-0.2, -0.15) is 0 Å². The van der Waals surface area contributed by atoms with Crippen molar-refractivity contribution < 1.29 is 14.3 Å². The number of primary amides is 1. The van der Waals surface area contributed by atoms with Gasteiger partial charge in [-0.1, -0.05) is 18.2 Å². The Bertz CT molecular complexity index is 1080. The summed E-state index contributed by atoms with van der Waals surface area (Å²) in [5.74, 6) is 1.44. The summed E-state index contributed by atoms with van der Waals surface area (Å²) in [4.78, 5) is 16.1. The van der Waals surface area contributed by atoms with Gasteiger partial charge in [0.1, 0.15) is 17.2 Å². The smallest absolute Gasteiger partial charge is 0.252 e. The third kappa shape index (κ3) is 4.52. The van der Waals surface area contributed by atoms with Gasteiger partial charge in [0, 0.05) is 30.3 Å². The zero-order valence-corrected chi connectivity index (χ0v) is 16.8. The molecule has 0 fully saturated rings. The van der Waals surface area contributed by atoms with Crippen LogP contribution in [0.5, 0.6) is 17.2 Å². The van der Waals surface area contributed by atoms with Crippen LogP contribution in [-0.2, 0) is 0 Å². The minimum atomic E-state index is -0.599. The molecule has 0 saturated carbocycles. The number of hydrogen-bond acceptors (Lipinski definition) is 6. The standard InChI is InChI=1S/C21H21ClN4O3/c1-4-24-12(2)26-17-6-5-13(9-16(17)22)29-19-7-8-25-18-11-20(28-3)15(21(23)27)10-14(18)19/h5-11,24,26H,2,4H2,1,3H3,(H2,23,27). The number of nitrogens with two attached hydrogens (primary N) is 1. The molecular formula is C21H21ClN4O3. The Balaban J connectivity index is 1.94. The van der Waals surface area contributed by atoms with Crippen LogP contribution in [0.3, 0.4) is 0 Å². The monoisotopic (exact) mass is 412 g/mol. The van der Waals surface area contributed by atoms with Crippen LogP contribution in [-0.4, -0.2) is 24.5 Å². The molecule has 0 unspecified atom stereocenters. The molecule has 0 radical (unpaired) electrons. The van der Waals surface area contributed by atoms with Crippen LogP contribution in [0.4, 0.5) is 5.69 Å². The lowest BCUT2D eigenvalue weighted by Gasteiger charge is -2.14. The highest BCUT2D eigenvalue weighted by molar-refractivity contribution is 6.33. The molecule has 3 aromatic rings. The molecule has 0 aliphatic heterocycles. The molecule has 0 aliphatic rings. The number of nitrogens with one attached hydrogen (secondary N) is 2. The molecule has 8 heteroatoms. The molecule has 3 rings (SSSR count). The maximum Gasteiger partial charge on any atom is 0.252 e. The van der Waals surface area contributed by atoms with Crippen LogP contribution in [0.2, 0.25) is 5.02 Å². The third-order valence-corrected chi connectivity index (χ3v) is 4.45. The van der Waals surface area contributed by atoms with Crippen molar-refractivity contribution in [3.63, 3.8) is 0 Å². The number of amides is 1. The highest BCUT2D eigenvalue weighted by atomic mass is 35.5. The molecule has 0 saturated heterocycles. The molecule has 0 bridgehead atoms. The Morgan fingerprint density at radius 2 is 2.03 bits per heavy atom. The summed E-state index contributed by atoms with van der Waals surface area (Å²) in [5, 5.41) is 7.26. The van der Waals surface area contributed by atoms with Gasteiger partial charge in [-0.25, -0.2) is 0 Å². The lowest BCUT2D eigenvalue weighted by Crippen LogP contribution is -2.17. The van der Waals surface area contributed by atoms with Crippen LogP contribution < -0.4 is 25.8 Å². The van der Waals surface area contributed by atoms with Crippen molar-refractivity contribution >= 4 is 34.1 Å². The van der Waals surface area contributed by atoms with Gasteiger partial charge in [-0.15, -0.1) is 0 Å². The second-order valence-corrected chi connectivity index (χ2v) is 6.53. The largest absolute Gasteiger partial charge is 0.496 e. The fourth-order valence-electron chi connectivity index (χ4n) is 2.81. The average molecular weight is 413 g/mol. The van der Waals surface area contributed by atoms with Crippen LogP contribution >= 0.6 is 11.6 Å². The first-order chi connectivity index (χ1) is 13.9. The molecule has 1 aromatic heterocycles. The van der Waals surface area contributed by atoms with E-state index in [0.29, 0.717) is 44.7 Å². The zero-order chi connectivity index (χ0) is 21.0. The van der Waals surface area contributed by atoms with Crippen molar-refractivity contribution in [2.45, 2.75) is 6.92 Å². The molecule has 0 spiro atoms. The second-order valence-electron chi connectivity index (χ2n) is 6.12. The average Bonchev–Trinajstić information content (AvgIpc) is 2.69. The molecule has 1 amide bonds. The van der Waals surface area contributed by atoms with Gasteiger partial charge in [0.25, 0.3) is 5.91 Å². The molecule has 1 heterocycles. The van der Waals surface area contributed by atoms with Crippen LogP contribution in [0.15, 0.2) is 55.0 Å². The fraction of sp³-hybridized carbons (Fsp3) is 0.143. The number of methoxy groups -OCH3 is 1. The van der Waals surface area contributed by atoms with Crippen LogP contribution in [0.25, 0.3) is 10.9 Å². The number of hydrogen-bond donors (Lipinski definition) is 3. The number of benzene rings is 2. The van der Waals surface area contributed by atoms with E-state index in [1.807, 2.05) is 6.92 Å². The van der Waals surface area contributed by atoms with Crippen molar-refractivity contribution in [1.82, 2.24) is 10.3 Å². The predicted molar refractivity (Wildman–Crippen MR) is 115 cm³/mol. The highest BCUT2D eigenvalue weighted by Gasteiger charge is 2.14. The number of pyridine rings is 1. The molecular weight excluding hydrogens is 392 g/mol. The SMILES string of the molecule is C=C(NCC)Nc1ccc(Oc2ccnc3cc(OC)c(C(N)=O)cc23)cc1Cl. The van der Waals surface area contributed by atoms with Gasteiger partial charge in [-0.05, 0) is 31.2 Å². The Kier molecular flexibility index (Phi) is 6.09. The summed E-state index contributed by atoms with van der Waals surface area (Å²) in [6.45, 7) is 6.60. The van der Waals surface area contributed by atoms with E-state index >= 15 is 0 Å². The number of nitrogens with zero attached hydrogens (tertiary/aromatic N) is 1. The topological polar surface area (TPSA) is 98.5 Å². The number of halogens is 1. The maximum atomic E-state index is 11.8. The molecule has 150 valence electrons. The maximum absolute atomic E-state index is 11.8. The molecule has 0 aliphatic carbocycles. The lowest BCUT2D eigenvalue weighted by molar-refractivity contribution is 0.0997. The van der Waals surface area contributed by atoms with E-state index in [2.05, 4.69) is 22.2 Å². The van der Waals surface area contributed by atoms with E-state index < -0.39 is 5.91 Å². The van der Waals surface area contributed by atoms with E-state index in [4.69, 9.17) is 26.8 Å². The summed E-state index contributed by atoms with van der Waals surface area (Å²) >= 11 is 6.36.